The van der Waals surface area contributed by atoms with Crippen LogP contribution in [0.25, 0.3) is 0 Å². The van der Waals surface area contributed by atoms with Gasteiger partial charge in [0.05, 0.1) is 25.9 Å². The third-order valence-electron chi connectivity index (χ3n) is 8.77. The highest BCUT2D eigenvalue weighted by Crippen LogP contribution is 2.56. The van der Waals surface area contributed by atoms with E-state index >= 15 is 0 Å². The van der Waals surface area contributed by atoms with Gasteiger partial charge < -0.3 is 15.2 Å². The van der Waals surface area contributed by atoms with E-state index in [1.54, 1.807) is 12.3 Å². The van der Waals surface area contributed by atoms with Crippen molar-refractivity contribution in [2.24, 2.45) is 0 Å². The van der Waals surface area contributed by atoms with E-state index in [0.717, 1.165) is 36.1 Å². The number of benzene rings is 1. The second-order valence-electron chi connectivity index (χ2n) is 12.7. The van der Waals surface area contributed by atoms with E-state index in [2.05, 4.69) is 37.1 Å². The van der Waals surface area contributed by atoms with E-state index in [1.807, 2.05) is 50.9 Å². The van der Waals surface area contributed by atoms with E-state index in [0.29, 0.717) is 13.0 Å². The number of hydrogen-bond donors (Lipinski definition) is 2. The molecular weight excluding hydrogens is 500 g/mol. The van der Waals surface area contributed by atoms with Gasteiger partial charge in [0.2, 0.25) is 5.91 Å². The quantitative estimate of drug-likeness (QED) is 0.340. The Morgan fingerprint density at radius 2 is 1.79 bits per heavy atom. The predicted molar refractivity (Wildman–Crippen MR) is 149 cm³/mol. The second-order valence-corrected chi connectivity index (χ2v) is 18.2. The van der Waals surface area contributed by atoms with E-state index in [4.69, 9.17) is 9.57 Å². The Morgan fingerprint density at radius 1 is 1.16 bits per heavy atom. The first kappa shape index (κ1) is 28.6. The van der Waals surface area contributed by atoms with E-state index in [1.165, 1.54) is 4.90 Å². The molecule has 4 rings (SSSR count). The second kappa shape index (κ2) is 9.97. The summed E-state index contributed by atoms with van der Waals surface area (Å²) in [6, 6.07) is 10.2. The van der Waals surface area contributed by atoms with Gasteiger partial charge in [0.1, 0.15) is 0 Å². The third-order valence-corrected chi connectivity index (χ3v) is 12.4. The molecule has 0 bridgehead atoms. The summed E-state index contributed by atoms with van der Waals surface area (Å²) in [5.74, 6) is -0.933. The number of rotatable bonds is 9. The van der Waals surface area contributed by atoms with Crippen LogP contribution in [0.2, 0.25) is 24.7 Å². The standard InChI is InChI=1S/C28H44N4O5Si/c1-26(2)22-21(19-30(26)25(34)35)23(29-24(33)28(16-12-17-28)38(6,7)8)32(37-27(3,4)36-5)31(22)18-15-20-13-10-9-11-14-20/h9-11,13-14,23H,12,15-19H2,1-8H3,(H,29,33)(H,34,35)/t23-/m0/s1. The van der Waals surface area contributed by atoms with Crippen LogP contribution in [0.1, 0.15) is 52.5 Å². The molecule has 0 aromatic heterocycles. The highest BCUT2D eigenvalue weighted by molar-refractivity contribution is 6.82. The third kappa shape index (κ3) is 4.87. The van der Waals surface area contributed by atoms with Crippen LogP contribution in [0.3, 0.4) is 0 Å². The molecule has 0 saturated heterocycles. The fourth-order valence-electron chi connectivity index (χ4n) is 6.05. The molecular formula is C28H44N4O5Si. The summed E-state index contributed by atoms with van der Waals surface area (Å²) in [6.07, 6.45) is 1.92. The number of carbonyl (C=O) groups excluding carboxylic acids is 1. The molecule has 1 atom stereocenters. The number of amides is 2. The Labute approximate surface area is 227 Å². The maximum absolute atomic E-state index is 14.0. The molecule has 1 aromatic carbocycles. The smallest absolute Gasteiger partial charge is 0.408 e. The number of carboxylic acid groups (broad SMARTS) is 1. The number of hydroxylamine groups is 1. The molecule has 1 aliphatic carbocycles. The number of methoxy groups -OCH3 is 1. The molecule has 1 saturated carbocycles. The summed E-state index contributed by atoms with van der Waals surface area (Å²) < 4.78 is 5.63. The lowest BCUT2D eigenvalue weighted by molar-refractivity contribution is -0.389. The SMILES string of the molecule is COC(C)(C)ON1[C@H](NC(=O)C2([Si](C)(C)C)CCC2)C2=C(N1CCc1ccccc1)C(C)(C)N(C(=O)O)C2. The molecule has 9 nitrogen and oxygen atoms in total. The molecule has 1 fully saturated rings. The molecule has 0 spiro atoms. The van der Waals surface area contributed by atoms with E-state index < -0.39 is 31.7 Å². The zero-order chi connectivity index (χ0) is 28.1. The Hall–Kier alpha value is -2.40. The van der Waals surface area contributed by atoms with Gasteiger partial charge in [0, 0.05) is 24.3 Å². The van der Waals surface area contributed by atoms with Crippen molar-refractivity contribution < 1.29 is 24.3 Å². The molecule has 2 heterocycles. The van der Waals surface area contributed by atoms with Gasteiger partial charge >= 0.3 is 6.09 Å². The Kier molecular flexibility index (Phi) is 7.50. The molecule has 38 heavy (non-hydrogen) atoms. The summed E-state index contributed by atoms with van der Waals surface area (Å²) in [5.41, 5.74) is 2.04. The number of ether oxygens (including phenoxy) is 1. The highest BCUT2D eigenvalue weighted by atomic mass is 28.3. The highest BCUT2D eigenvalue weighted by Gasteiger charge is 2.58. The number of nitrogens with zero attached hydrogens (tertiary/aromatic N) is 3. The molecule has 2 N–H and O–H groups in total. The van der Waals surface area contributed by atoms with Crippen molar-refractivity contribution in [3.63, 3.8) is 0 Å². The first-order chi connectivity index (χ1) is 17.6. The molecule has 0 unspecified atom stereocenters. The molecule has 2 amide bonds. The normalized spacial score (nSPS) is 22.9. The van der Waals surface area contributed by atoms with Crippen molar-refractivity contribution in [3.8, 4) is 0 Å². The number of hydrogen-bond acceptors (Lipinski definition) is 6. The largest absolute Gasteiger partial charge is 0.465 e. The number of hydrazine groups is 1. The van der Waals surface area contributed by atoms with Gasteiger partial charge in [0.25, 0.3) is 0 Å². The van der Waals surface area contributed by atoms with Crippen molar-refractivity contribution >= 4 is 20.1 Å². The maximum atomic E-state index is 14.0. The number of nitrogens with one attached hydrogen (secondary N) is 1. The van der Waals surface area contributed by atoms with Crippen molar-refractivity contribution in [3.05, 3.63) is 47.2 Å². The van der Waals surface area contributed by atoms with Gasteiger partial charge in [-0.05, 0) is 52.5 Å². The van der Waals surface area contributed by atoms with Crippen molar-refractivity contribution in [2.75, 3.05) is 20.2 Å². The molecule has 1 aromatic rings. The van der Waals surface area contributed by atoms with Gasteiger partial charge in [-0.25, -0.2) is 9.63 Å². The van der Waals surface area contributed by atoms with Crippen LogP contribution < -0.4 is 5.32 Å². The number of carbonyl (C=O) groups is 2. The molecule has 3 aliphatic rings. The first-order valence-corrected chi connectivity index (χ1v) is 17.0. The predicted octanol–water partition coefficient (Wildman–Crippen LogP) is 4.81. The zero-order valence-corrected chi connectivity index (χ0v) is 25.1. The fraction of sp³-hybridized carbons (Fsp3) is 0.643. The van der Waals surface area contributed by atoms with Crippen LogP contribution in [0.15, 0.2) is 41.6 Å². The summed E-state index contributed by atoms with van der Waals surface area (Å²) in [4.78, 5) is 34.2. The molecule has 210 valence electrons. The first-order valence-electron chi connectivity index (χ1n) is 13.5. The van der Waals surface area contributed by atoms with Crippen LogP contribution >= 0.6 is 0 Å². The van der Waals surface area contributed by atoms with Crippen molar-refractivity contribution in [1.82, 2.24) is 20.4 Å². The minimum atomic E-state index is -1.83. The van der Waals surface area contributed by atoms with E-state index in [9.17, 15) is 14.7 Å². The van der Waals surface area contributed by atoms with Crippen LogP contribution in [0.5, 0.6) is 0 Å². The lowest BCUT2D eigenvalue weighted by Crippen LogP contribution is -2.62. The Morgan fingerprint density at radius 3 is 2.29 bits per heavy atom. The summed E-state index contributed by atoms with van der Waals surface area (Å²) in [6.45, 7) is 15.0. The van der Waals surface area contributed by atoms with Crippen LogP contribution in [0, 0.1) is 0 Å². The van der Waals surface area contributed by atoms with Crippen molar-refractivity contribution in [2.45, 2.75) is 95.5 Å². The summed E-state index contributed by atoms with van der Waals surface area (Å²) >= 11 is 0. The molecule has 0 radical (unpaired) electrons. The van der Waals surface area contributed by atoms with Crippen LogP contribution in [-0.4, -0.2) is 78.0 Å². The Bertz CT molecular complexity index is 1090. The zero-order valence-electron chi connectivity index (χ0n) is 24.1. The average molecular weight is 545 g/mol. The monoisotopic (exact) mass is 544 g/mol. The maximum Gasteiger partial charge on any atom is 0.408 e. The minimum absolute atomic E-state index is 0.0417. The summed E-state index contributed by atoms with van der Waals surface area (Å²) in [7, 11) is -0.248. The van der Waals surface area contributed by atoms with Gasteiger partial charge in [-0.15, -0.1) is 0 Å². The summed E-state index contributed by atoms with van der Waals surface area (Å²) in [5, 5.41) is 16.8. The van der Waals surface area contributed by atoms with Gasteiger partial charge in [-0.3, -0.25) is 14.7 Å². The fourth-order valence-corrected chi connectivity index (χ4v) is 8.65. The molecule has 10 heteroatoms. The van der Waals surface area contributed by atoms with Crippen LogP contribution in [0.4, 0.5) is 4.79 Å². The van der Waals surface area contributed by atoms with Gasteiger partial charge in [0.15, 0.2) is 12.0 Å². The van der Waals surface area contributed by atoms with Gasteiger partial charge in [-0.2, -0.15) is 0 Å². The van der Waals surface area contributed by atoms with E-state index in [-0.39, 0.29) is 17.5 Å². The average Bonchev–Trinajstić information content (AvgIpc) is 3.22. The Balaban J connectivity index is 1.75. The minimum Gasteiger partial charge on any atom is -0.465 e. The topological polar surface area (TPSA) is 94.6 Å². The van der Waals surface area contributed by atoms with Gasteiger partial charge in [-0.1, -0.05) is 61.6 Å². The molecule has 2 aliphatic heterocycles. The van der Waals surface area contributed by atoms with Crippen LogP contribution in [-0.2, 0) is 20.8 Å². The van der Waals surface area contributed by atoms with Crippen molar-refractivity contribution in [1.29, 1.82) is 0 Å². The lowest BCUT2D eigenvalue weighted by Gasteiger charge is -2.50. The lowest BCUT2D eigenvalue weighted by atomic mass is 9.83.